The number of benzene rings is 2. The Bertz CT molecular complexity index is 1320. The van der Waals surface area contributed by atoms with Gasteiger partial charge in [0.2, 0.25) is 0 Å². The molecule has 2 atom stereocenters. The van der Waals surface area contributed by atoms with Gasteiger partial charge in [0.25, 0.3) is 0 Å². The number of pyridine rings is 1. The summed E-state index contributed by atoms with van der Waals surface area (Å²) in [6, 6.07) is 13.0. The number of fused-ring (bicyclic) bond motifs is 3. The Morgan fingerprint density at radius 1 is 1.08 bits per heavy atom. The second-order valence-corrected chi connectivity index (χ2v) is 10.6. The van der Waals surface area contributed by atoms with Crippen molar-refractivity contribution in [3.8, 4) is 11.5 Å². The number of imidazole rings is 1. The van der Waals surface area contributed by atoms with Gasteiger partial charge in [-0.2, -0.15) is 0 Å². The summed E-state index contributed by atoms with van der Waals surface area (Å²) in [6.45, 7) is 3.09. The van der Waals surface area contributed by atoms with E-state index in [2.05, 4.69) is 81.4 Å². The summed E-state index contributed by atoms with van der Waals surface area (Å²) in [5.74, 6) is 3.03. The first-order valence-electron chi connectivity index (χ1n) is 12.9. The molecule has 4 aromatic rings. The molecule has 0 radical (unpaired) electrons. The topological polar surface area (TPSA) is 75.3 Å². The zero-order valence-corrected chi connectivity index (χ0v) is 24.1. The van der Waals surface area contributed by atoms with Gasteiger partial charge in [-0.3, -0.25) is 0 Å². The Morgan fingerprint density at radius 2 is 1.92 bits per heavy atom. The average Bonchev–Trinajstić information content (AvgIpc) is 3.41. The van der Waals surface area contributed by atoms with Gasteiger partial charge in [0.05, 0.1) is 26.1 Å². The third-order valence-corrected chi connectivity index (χ3v) is 7.64. The number of hydrogen-bond donors (Lipinski definition) is 2. The highest BCUT2D eigenvalue weighted by Crippen LogP contribution is 2.31. The molecule has 0 fully saturated rings. The van der Waals surface area contributed by atoms with Crippen LogP contribution in [-0.4, -0.2) is 66.1 Å². The maximum Gasteiger partial charge on any atom is 0.152 e. The Morgan fingerprint density at radius 3 is 2.65 bits per heavy atom. The lowest BCUT2D eigenvalue weighted by molar-refractivity contribution is 0.271. The molecule has 4 rings (SSSR count). The number of likely N-dealkylation sites (N-methyl/N-ethyl adjacent to an activating group) is 1. The lowest BCUT2D eigenvalue weighted by Gasteiger charge is -2.25. The standard InChI is InChI=1S/C29H38BrN5O2/c1-19(12-13-30)20-9-11-25-24(16-20)27-28(33-18-32-27)29(34-25)31-14-6-7-22(35(2)3)15-21-8-10-23(36-4)17-26(21)37-5/h8-11,16-19,22H,6-7,12-15H2,1-5H3,(H,31,34)(H,32,33)/t19?,22-/m0/s1. The van der Waals surface area contributed by atoms with Crippen LogP contribution in [0.5, 0.6) is 11.5 Å². The van der Waals surface area contributed by atoms with Gasteiger partial charge in [-0.25, -0.2) is 9.97 Å². The molecule has 2 aromatic heterocycles. The largest absolute Gasteiger partial charge is 0.497 e. The maximum absolute atomic E-state index is 5.62. The summed E-state index contributed by atoms with van der Waals surface area (Å²) in [7, 11) is 7.67. The van der Waals surface area contributed by atoms with Crippen molar-refractivity contribution in [1.82, 2.24) is 19.9 Å². The Hall–Kier alpha value is -2.84. The van der Waals surface area contributed by atoms with Gasteiger partial charge in [0, 0.05) is 29.4 Å². The number of aromatic amines is 1. The van der Waals surface area contributed by atoms with E-state index in [4.69, 9.17) is 14.5 Å². The molecule has 1 unspecified atom stereocenters. The van der Waals surface area contributed by atoms with Crippen LogP contribution in [0.1, 0.15) is 43.2 Å². The molecular formula is C29H38BrN5O2. The fourth-order valence-corrected chi connectivity index (χ4v) is 5.51. The van der Waals surface area contributed by atoms with Crippen molar-refractivity contribution >= 4 is 43.7 Å². The highest BCUT2D eigenvalue weighted by Gasteiger charge is 2.17. The summed E-state index contributed by atoms with van der Waals surface area (Å²) in [5.41, 5.74) is 5.41. The Balaban J connectivity index is 1.44. The third kappa shape index (κ3) is 6.36. The molecule has 0 spiro atoms. The number of alkyl halides is 1. The summed E-state index contributed by atoms with van der Waals surface area (Å²) < 4.78 is 11.0. The molecule has 0 bridgehead atoms. The van der Waals surface area contributed by atoms with Crippen molar-refractivity contribution < 1.29 is 9.47 Å². The molecule has 0 amide bonds. The predicted molar refractivity (Wildman–Crippen MR) is 157 cm³/mol. The van der Waals surface area contributed by atoms with Gasteiger partial charge in [0.15, 0.2) is 5.82 Å². The quantitative estimate of drug-likeness (QED) is 0.144. The summed E-state index contributed by atoms with van der Waals surface area (Å²) in [5, 5.41) is 5.66. The molecule has 0 aliphatic heterocycles. The Kier molecular flexibility index (Phi) is 9.27. The number of ether oxygens (including phenoxy) is 2. The van der Waals surface area contributed by atoms with Gasteiger partial charge in [-0.1, -0.05) is 35.0 Å². The number of H-pyrrole nitrogens is 1. The van der Waals surface area contributed by atoms with Gasteiger partial charge >= 0.3 is 0 Å². The lowest BCUT2D eigenvalue weighted by Crippen LogP contribution is -2.30. The fraction of sp³-hybridized carbons (Fsp3) is 0.448. The molecule has 0 saturated heterocycles. The van der Waals surface area contributed by atoms with E-state index < -0.39 is 0 Å². The molecule has 198 valence electrons. The first-order chi connectivity index (χ1) is 17.9. The summed E-state index contributed by atoms with van der Waals surface area (Å²) >= 11 is 3.56. The number of halogens is 1. The van der Waals surface area contributed by atoms with Crippen LogP contribution in [0.4, 0.5) is 5.82 Å². The molecular weight excluding hydrogens is 530 g/mol. The second-order valence-electron chi connectivity index (χ2n) is 9.81. The van der Waals surface area contributed by atoms with Crippen molar-refractivity contribution in [2.45, 2.75) is 44.6 Å². The molecule has 0 saturated carbocycles. The number of methoxy groups -OCH3 is 2. The summed E-state index contributed by atoms with van der Waals surface area (Å²) in [6.07, 6.45) is 5.83. The zero-order valence-electron chi connectivity index (χ0n) is 22.5. The van der Waals surface area contributed by atoms with Crippen molar-refractivity contribution in [2.75, 3.05) is 45.5 Å². The van der Waals surface area contributed by atoms with E-state index in [-0.39, 0.29) is 0 Å². The number of rotatable bonds is 13. The van der Waals surface area contributed by atoms with Crippen molar-refractivity contribution in [3.63, 3.8) is 0 Å². The van der Waals surface area contributed by atoms with E-state index in [1.54, 1.807) is 20.5 Å². The van der Waals surface area contributed by atoms with E-state index in [1.165, 1.54) is 11.1 Å². The van der Waals surface area contributed by atoms with E-state index in [0.29, 0.717) is 12.0 Å². The van der Waals surface area contributed by atoms with Crippen LogP contribution < -0.4 is 14.8 Å². The van der Waals surface area contributed by atoms with Gasteiger partial charge < -0.3 is 24.7 Å². The molecule has 2 N–H and O–H groups in total. The van der Waals surface area contributed by atoms with E-state index in [0.717, 1.165) is 76.8 Å². The fourth-order valence-electron chi connectivity index (χ4n) is 4.82. The first kappa shape index (κ1) is 27.2. The van der Waals surface area contributed by atoms with Crippen LogP contribution in [0.3, 0.4) is 0 Å². The van der Waals surface area contributed by atoms with Gasteiger partial charge in [-0.15, -0.1) is 0 Å². The van der Waals surface area contributed by atoms with E-state index in [1.807, 2.05) is 12.1 Å². The highest BCUT2D eigenvalue weighted by atomic mass is 79.9. The summed E-state index contributed by atoms with van der Waals surface area (Å²) in [4.78, 5) is 15.2. The van der Waals surface area contributed by atoms with E-state index in [9.17, 15) is 0 Å². The molecule has 8 heteroatoms. The maximum atomic E-state index is 5.62. The number of nitrogens with zero attached hydrogens (tertiary/aromatic N) is 3. The minimum atomic E-state index is 0.390. The second kappa shape index (κ2) is 12.6. The van der Waals surface area contributed by atoms with Crippen molar-refractivity contribution in [3.05, 3.63) is 53.9 Å². The van der Waals surface area contributed by atoms with Crippen LogP contribution in [0.15, 0.2) is 42.7 Å². The SMILES string of the molecule is COc1ccc(C[C@H](CCCNc2nc3ccc(C(C)CCBr)cc3c3nc[nH]c23)N(C)C)c(OC)c1. The number of aromatic nitrogens is 3. The highest BCUT2D eigenvalue weighted by molar-refractivity contribution is 9.09. The monoisotopic (exact) mass is 567 g/mol. The van der Waals surface area contributed by atoms with Crippen LogP contribution in [0.2, 0.25) is 0 Å². The predicted octanol–water partition coefficient (Wildman–Crippen LogP) is 6.38. The van der Waals surface area contributed by atoms with Crippen LogP contribution >= 0.6 is 15.9 Å². The smallest absolute Gasteiger partial charge is 0.152 e. The molecule has 2 heterocycles. The molecule has 0 aliphatic carbocycles. The Labute approximate surface area is 228 Å². The number of hydrogen-bond acceptors (Lipinski definition) is 6. The molecule has 2 aromatic carbocycles. The molecule has 37 heavy (non-hydrogen) atoms. The van der Waals surface area contributed by atoms with Gasteiger partial charge in [-0.05, 0) is 75.0 Å². The van der Waals surface area contributed by atoms with Crippen LogP contribution in [-0.2, 0) is 6.42 Å². The zero-order chi connectivity index (χ0) is 26.4. The van der Waals surface area contributed by atoms with E-state index >= 15 is 0 Å². The van der Waals surface area contributed by atoms with Crippen LogP contribution in [0.25, 0.3) is 21.9 Å². The minimum Gasteiger partial charge on any atom is -0.497 e. The number of nitrogens with one attached hydrogen (secondary N) is 2. The van der Waals surface area contributed by atoms with Crippen LogP contribution in [0, 0.1) is 0 Å². The normalized spacial score (nSPS) is 13.3. The van der Waals surface area contributed by atoms with Crippen molar-refractivity contribution in [1.29, 1.82) is 0 Å². The first-order valence-corrected chi connectivity index (χ1v) is 14.0. The lowest BCUT2D eigenvalue weighted by atomic mass is 9.97. The third-order valence-electron chi connectivity index (χ3n) is 7.18. The molecule has 0 aliphatic rings. The minimum absolute atomic E-state index is 0.390. The average molecular weight is 569 g/mol. The number of anilines is 1. The molecule has 7 nitrogen and oxygen atoms in total. The van der Waals surface area contributed by atoms with Crippen molar-refractivity contribution in [2.24, 2.45) is 0 Å². The van der Waals surface area contributed by atoms with Gasteiger partial charge in [0.1, 0.15) is 22.5 Å².